The fourth-order valence-corrected chi connectivity index (χ4v) is 2.40. The molecule has 6 nitrogen and oxygen atoms in total. The second-order valence-corrected chi connectivity index (χ2v) is 4.99. The number of hydrogen-bond donors (Lipinski definition) is 2. The lowest BCUT2D eigenvalue weighted by atomic mass is 10.1. The largest absolute Gasteiger partial charge is 0.360 e. The summed E-state index contributed by atoms with van der Waals surface area (Å²) in [7, 11) is 0. The summed E-state index contributed by atoms with van der Waals surface area (Å²) in [6.45, 7) is 5.87. The number of aryl methyl sites for hydroxylation is 1. The first kappa shape index (κ1) is 15.9. The Kier molecular flexibility index (Phi) is 5.78. The van der Waals surface area contributed by atoms with Crippen molar-refractivity contribution in [2.24, 2.45) is 11.7 Å². The predicted octanol–water partition coefficient (Wildman–Crippen LogP) is 1.01. The summed E-state index contributed by atoms with van der Waals surface area (Å²) in [6.07, 6.45) is 1.06. The summed E-state index contributed by atoms with van der Waals surface area (Å²) in [5.41, 5.74) is 5.67. The minimum absolute atomic E-state index is 0. The Balaban J connectivity index is 0.00000180. The van der Waals surface area contributed by atoms with Crippen molar-refractivity contribution in [3.63, 3.8) is 0 Å². The van der Waals surface area contributed by atoms with Crippen molar-refractivity contribution in [2.45, 2.75) is 26.3 Å². The molecule has 19 heavy (non-hydrogen) atoms. The summed E-state index contributed by atoms with van der Waals surface area (Å²) in [4.78, 5) is 14.0. The van der Waals surface area contributed by atoms with Gasteiger partial charge < -0.3 is 15.6 Å². The lowest BCUT2D eigenvalue weighted by molar-refractivity contribution is -0.117. The third kappa shape index (κ3) is 4.19. The highest BCUT2D eigenvalue weighted by Crippen LogP contribution is 2.21. The number of nitrogens with one attached hydrogen (secondary N) is 1. The molecule has 2 atom stereocenters. The van der Waals surface area contributed by atoms with Gasteiger partial charge in [-0.3, -0.25) is 9.69 Å². The molecule has 0 bridgehead atoms. The maximum Gasteiger partial charge on any atom is 0.239 e. The number of anilines is 1. The normalized spacial score (nSPS) is 23.1. The van der Waals surface area contributed by atoms with Gasteiger partial charge in [0.25, 0.3) is 0 Å². The van der Waals surface area contributed by atoms with E-state index in [1.54, 1.807) is 13.0 Å². The van der Waals surface area contributed by atoms with E-state index in [-0.39, 0.29) is 18.3 Å². The molecule has 1 saturated heterocycles. The molecule has 1 aromatic rings. The van der Waals surface area contributed by atoms with Crippen LogP contribution in [0.15, 0.2) is 10.6 Å². The lowest BCUT2D eigenvalue weighted by Crippen LogP contribution is -2.36. The third-order valence-corrected chi connectivity index (χ3v) is 3.37. The highest BCUT2D eigenvalue weighted by atomic mass is 35.5. The number of nitrogens with zero attached hydrogens (tertiary/aromatic N) is 2. The van der Waals surface area contributed by atoms with Crippen molar-refractivity contribution < 1.29 is 9.32 Å². The molecule has 1 aliphatic rings. The monoisotopic (exact) mass is 288 g/mol. The number of rotatable bonds is 4. The molecule has 1 aromatic heterocycles. The van der Waals surface area contributed by atoms with Gasteiger partial charge in [-0.2, -0.15) is 0 Å². The van der Waals surface area contributed by atoms with Gasteiger partial charge in [-0.1, -0.05) is 5.16 Å². The number of carbonyl (C=O) groups excluding carboxylic acids is 1. The summed E-state index contributed by atoms with van der Waals surface area (Å²) in [5, 5.41) is 6.46. The molecule has 1 amide bonds. The van der Waals surface area contributed by atoms with Gasteiger partial charge in [-0.15, -0.1) is 12.4 Å². The highest BCUT2D eigenvalue weighted by molar-refractivity contribution is 5.91. The van der Waals surface area contributed by atoms with E-state index in [1.165, 1.54) is 0 Å². The molecular weight excluding hydrogens is 268 g/mol. The summed E-state index contributed by atoms with van der Waals surface area (Å²) >= 11 is 0. The minimum Gasteiger partial charge on any atom is -0.360 e. The van der Waals surface area contributed by atoms with Crippen LogP contribution in [0, 0.1) is 12.8 Å². The Morgan fingerprint density at radius 3 is 2.95 bits per heavy atom. The van der Waals surface area contributed by atoms with Crippen LogP contribution in [0.25, 0.3) is 0 Å². The smallest absolute Gasteiger partial charge is 0.239 e. The minimum atomic E-state index is -0.0622. The average Bonchev–Trinajstić information content (AvgIpc) is 2.86. The summed E-state index contributed by atoms with van der Waals surface area (Å²) in [6, 6.07) is 2.11. The topological polar surface area (TPSA) is 84.4 Å². The van der Waals surface area contributed by atoms with Gasteiger partial charge in [0.05, 0.1) is 6.54 Å². The number of nitrogens with two attached hydrogens (primary N) is 1. The van der Waals surface area contributed by atoms with Gasteiger partial charge in [0.2, 0.25) is 5.91 Å². The Morgan fingerprint density at radius 1 is 1.68 bits per heavy atom. The van der Waals surface area contributed by atoms with Crippen LogP contribution in [0.5, 0.6) is 0 Å². The van der Waals surface area contributed by atoms with Crippen LogP contribution in [0.4, 0.5) is 5.82 Å². The molecule has 0 aliphatic carbocycles. The molecule has 3 N–H and O–H groups in total. The van der Waals surface area contributed by atoms with Crippen LogP contribution >= 0.6 is 12.4 Å². The van der Waals surface area contributed by atoms with Crippen molar-refractivity contribution >= 4 is 24.1 Å². The standard InChI is InChI=1S/C12H20N4O2.ClH/c1-8-3-10(5-13)6-16(8)7-12(17)14-11-4-9(2)18-15-11;/h4,8,10H,3,5-7,13H2,1-2H3,(H,14,15,17);1H. The van der Waals surface area contributed by atoms with Crippen LogP contribution in [-0.2, 0) is 4.79 Å². The van der Waals surface area contributed by atoms with Gasteiger partial charge in [0, 0.05) is 18.7 Å². The van der Waals surface area contributed by atoms with E-state index >= 15 is 0 Å². The van der Waals surface area contributed by atoms with E-state index in [9.17, 15) is 4.79 Å². The van der Waals surface area contributed by atoms with Crippen molar-refractivity contribution in [2.75, 3.05) is 25.0 Å². The van der Waals surface area contributed by atoms with Crippen molar-refractivity contribution in [1.82, 2.24) is 10.1 Å². The first-order chi connectivity index (χ1) is 8.58. The average molecular weight is 289 g/mol. The molecule has 0 aromatic carbocycles. The molecule has 0 spiro atoms. The zero-order chi connectivity index (χ0) is 13.1. The maximum absolute atomic E-state index is 11.9. The van der Waals surface area contributed by atoms with Crippen LogP contribution in [0.1, 0.15) is 19.1 Å². The van der Waals surface area contributed by atoms with E-state index in [1.807, 2.05) is 0 Å². The lowest BCUT2D eigenvalue weighted by Gasteiger charge is -2.19. The summed E-state index contributed by atoms with van der Waals surface area (Å²) in [5.74, 6) is 1.60. The van der Waals surface area contributed by atoms with Gasteiger partial charge in [-0.25, -0.2) is 0 Å². The Morgan fingerprint density at radius 2 is 2.42 bits per heavy atom. The van der Waals surface area contributed by atoms with Crippen molar-refractivity contribution in [3.8, 4) is 0 Å². The number of amides is 1. The Labute approximate surface area is 119 Å². The molecule has 2 rings (SSSR count). The quantitative estimate of drug-likeness (QED) is 0.864. The maximum atomic E-state index is 11.9. The number of likely N-dealkylation sites (tertiary alicyclic amines) is 1. The van der Waals surface area contributed by atoms with Crippen LogP contribution in [0.2, 0.25) is 0 Å². The van der Waals surface area contributed by atoms with Gasteiger partial charge in [-0.05, 0) is 32.7 Å². The first-order valence-corrected chi connectivity index (χ1v) is 6.25. The van der Waals surface area contributed by atoms with E-state index < -0.39 is 0 Å². The molecule has 2 heterocycles. The van der Waals surface area contributed by atoms with E-state index in [2.05, 4.69) is 22.3 Å². The second-order valence-electron chi connectivity index (χ2n) is 4.99. The van der Waals surface area contributed by atoms with Crippen LogP contribution in [0.3, 0.4) is 0 Å². The number of carbonyl (C=O) groups is 1. The van der Waals surface area contributed by atoms with Crippen molar-refractivity contribution in [3.05, 3.63) is 11.8 Å². The first-order valence-electron chi connectivity index (χ1n) is 6.25. The molecule has 1 fully saturated rings. The molecule has 7 heteroatoms. The van der Waals surface area contributed by atoms with Gasteiger partial charge in [0.1, 0.15) is 5.76 Å². The third-order valence-electron chi connectivity index (χ3n) is 3.37. The van der Waals surface area contributed by atoms with Gasteiger partial charge in [0.15, 0.2) is 5.82 Å². The second kappa shape index (κ2) is 6.88. The van der Waals surface area contributed by atoms with E-state index in [0.717, 1.165) is 13.0 Å². The Hall–Kier alpha value is -1.11. The van der Waals surface area contributed by atoms with Gasteiger partial charge >= 0.3 is 0 Å². The molecule has 0 radical (unpaired) electrons. The Bertz CT molecular complexity index is 424. The van der Waals surface area contributed by atoms with E-state index in [4.69, 9.17) is 10.3 Å². The number of halogens is 1. The zero-order valence-electron chi connectivity index (χ0n) is 11.3. The fraction of sp³-hybridized carbons (Fsp3) is 0.667. The summed E-state index contributed by atoms with van der Waals surface area (Å²) < 4.78 is 4.90. The number of aromatic nitrogens is 1. The molecule has 0 saturated carbocycles. The number of hydrogen-bond acceptors (Lipinski definition) is 5. The van der Waals surface area contributed by atoms with Crippen molar-refractivity contribution in [1.29, 1.82) is 0 Å². The molecular formula is C12H21ClN4O2. The molecule has 1 aliphatic heterocycles. The van der Waals surface area contributed by atoms with Crippen LogP contribution < -0.4 is 11.1 Å². The van der Waals surface area contributed by atoms with E-state index in [0.29, 0.717) is 36.6 Å². The zero-order valence-corrected chi connectivity index (χ0v) is 12.1. The molecule has 2 unspecified atom stereocenters. The van der Waals surface area contributed by atoms with Crippen LogP contribution in [-0.4, -0.2) is 41.6 Å². The predicted molar refractivity (Wildman–Crippen MR) is 75.3 cm³/mol. The highest BCUT2D eigenvalue weighted by Gasteiger charge is 2.29. The SMILES string of the molecule is Cc1cc(NC(=O)CN2CC(CN)CC2C)no1.Cl. The fourth-order valence-electron chi connectivity index (χ4n) is 2.40. The molecule has 108 valence electrons.